The molecule has 0 aromatic heterocycles. The SMILES string of the molecule is CO[C@H](C)[C@H](NC(=O)C[C@@H]1CCC(=O)N1Cc1cc(Cl)cc(Cl)c1)C(=O)O. The zero-order valence-electron chi connectivity index (χ0n) is 15.1. The average Bonchev–Trinajstić information content (AvgIpc) is 2.91. The lowest BCUT2D eigenvalue weighted by molar-refractivity contribution is -0.145. The number of aliphatic carboxylic acids is 1. The van der Waals surface area contributed by atoms with Crippen molar-refractivity contribution in [3.05, 3.63) is 33.8 Å². The van der Waals surface area contributed by atoms with Crippen LogP contribution in [0.2, 0.25) is 10.0 Å². The zero-order valence-corrected chi connectivity index (χ0v) is 16.6. The zero-order chi connectivity index (χ0) is 20.1. The first-order chi connectivity index (χ1) is 12.7. The van der Waals surface area contributed by atoms with Gasteiger partial charge < -0.3 is 20.1 Å². The van der Waals surface area contributed by atoms with E-state index in [2.05, 4.69) is 5.32 Å². The van der Waals surface area contributed by atoms with E-state index in [9.17, 15) is 19.5 Å². The van der Waals surface area contributed by atoms with Crippen LogP contribution < -0.4 is 5.32 Å². The van der Waals surface area contributed by atoms with Crippen molar-refractivity contribution in [2.24, 2.45) is 0 Å². The number of likely N-dealkylation sites (tertiary alicyclic amines) is 1. The summed E-state index contributed by atoms with van der Waals surface area (Å²) in [6.07, 6.45) is 0.197. The number of carbonyl (C=O) groups is 3. The molecule has 1 aromatic rings. The van der Waals surface area contributed by atoms with Crippen molar-refractivity contribution in [1.29, 1.82) is 0 Å². The number of amides is 2. The lowest BCUT2D eigenvalue weighted by atomic mass is 10.1. The summed E-state index contributed by atoms with van der Waals surface area (Å²) >= 11 is 12.0. The van der Waals surface area contributed by atoms with Crippen molar-refractivity contribution >= 4 is 41.0 Å². The van der Waals surface area contributed by atoms with Gasteiger partial charge in [-0.2, -0.15) is 0 Å². The normalized spacial score (nSPS) is 19.0. The number of nitrogens with zero attached hydrogens (tertiary/aromatic N) is 1. The molecule has 148 valence electrons. The van der Waals surface area contributed by atoms with Gasteiger partial charge in [-0.05, 0) is 37.1 Å². The molecular weight excluding hydrogens is 395 g/mol. The highest BCUT2D eigenvalue weighted by atomic mass is 35.5. The van der Waals surface area contributed by atoms with Gasteiger partial charge in [-0.3, -0.25) is 9.59 Å². The standard InChI is InChI=1S/C18H22Cl2N2O5/c1-10(27-2)17(18(25)26)21-15(23)8-14-3-4-16(24)22(14)9-11-5-12(19)7-13(20)6-11/h5-7,10,14,17H,3-4,8-9H2,1-2H3,(H,21,23)(H,25,26)/t10-,14+,17+/m1/s1. The fourth-order valence-corrected chi connectivity index (χ4v) is 3.66. The number of halogens is 2. The molecule has 1 heterocycles. The number of ether oxygens (including phenoxy) is 1. The molecule has 3 atom stereocenters. The number of nitrogens with one attached hydrogen (secondary N) is 1. The summed E-state index contributed by atoms with van der Waals surface area (Å²) in [4.78, 5) is 37.5. The van der Waals surface area contributed by atoms with E-state index in [0.717, 1.165) is 5.56 Å². The van der Waals surface area contributed by atoms with Gasteiger partial charge in [-0.1, -0.05) is 23.2 Å². The maximum absolute atomic E-state index is 12.3. The Morgan fingerprint density at radius 3 is 2.52 bits per heavy atom. The molecule has 27 heavy (non-hydrogen) atoms. The van der Waals surface area contributed by atoms with Crippen LogP contribution in [0.4, 0.5) is 0 Å². The van der Waals surface area contributed by atoms with Gasteiger partial charge in [0.1, 0.15) is 0 Å². The molecular formula is C18H22Cl2N2O5. The monoisotopic (exact) mass is 416 g/mol. The fourth-order valence-electron chi connectivity index (χ4n) is 3.08. The van der Waals surface area contributed by atoms with Crippen molar-refractivity contribution in [2.45, 2.75) is 50.9 Å². The maximum Gasteiger partial charge on any atom is 0.328 e. The van der Waals surface area contributed by atoms with Crippen molar-refractivity contribution in [2.75, 3.05) is 7.11 Å². The van der Waals surface area contributed by atoms with Gasteiger partial charge in [-0.15, -0.1) is 0 Å². The summed E-state index contributed by atoms with van der Waals surface area (Å²) in [6.45, 7) is 1.85. The number of methoxy groups -OCH3 is 1. The summed E-state index contributed by atoms with van der Waals surface area (Å²) in [5.41, 5.74) is 0.768. The van der Waals surface area contributed by atoms with Gasteiger partial charge in [0, 0.05) is 42.6 Å². The van der Waals surface area contributed by atoms with Crippen LogP contribution in [-0.4, -0.2) is 53.1 Å². The summed E-state index contributed by atoms with van der Waals surface area (Å²) in [6, 6.07) is 3.57. The van der Waals surface area contributed by atoms with Crippen LogP contribution in [0, 0.1) is 0 Å². The summed E-state index contributed by atoms with van der Waals surface area (Å²) in [5.74, 6) is -1.69. The van der Waals surface area contributed by atoms with Crippen molar-refractivity contribution in [1.82, 2.24) is 10.2 Å². The largest absolute Gasteiger partial charge is 0.480 e. The van der Waals surface area contributed by atoms with Gasteiger partial charge in [0.05, 0.1) is 6.10 Å². The Kier molecular flexibility index (Phi) is 7.47. The van der Waals surface area contributed by atoms with Crippen LogP contribution in [0.1, 0.15) is 31.7 Å². The van der Waals surface area contributed by atoms with E-state index in [4.69, 9.17) is 27.9 Å². The van der Waals surface area contributed by atoms with Gasteiger partial charge in [0.15, 0.2) is 6.04 Å². The van der Waals surface area contributed by atoms with Gasteiger partial charge in [0.25, 0.3) is 0 Å². The lowest BCUT2D eigenvalue weighted by Gasteiger charge is -2.26. The highest BCUT2D eigenvalue weighted by Gasteiger charge is 2.34. The third-order valence-electron chi connectivity index (χ3n) is 4.57. The van der Waals surface area contributed by atoms with Gasteiger partial charge in [0.2, 0.25) is 11.8 Å². The van der Waals surface area contributed by atoms with Crippen molar-refractivity contribution in [3.63, 3.8) is 0 Å². The first-order valence-electron chi connectivity index (χ1n) is 8.50. The fraction of sp³-hybridized carbons (Fsp3) is 0.500. The predicted octanol–water partition coefficient (Wildman–Crippen LogP) is 2.48. The number of carboxylic acids is 1. The molecule has 0 aliphatic carbocycles. The van der Waals surface area contributed by atoms with Crippen LogP contribution in [0.3, 0.4) is 0 Å². The van der Waals surface area contributed by atoms with E-state index in [0.29, 0.717) is 22.9 Å². The van der Waals surface area contributed by atoms with E-state index < -0.39 is 24.0 Å². The number of benzene rings is 1. The van der Waals surface area contributed by atoms with Crippen LogP contribution in [0.5, 0.6) is 0 Å². The Hall–Kier alpha value is -1.83. The molecule has 1 saturated heterocycles. The van der Waals surface area contributed by atoms with Gasteiger partial charge >= 0.3 is 5.97 Å². The maximum atomic E-state index is 12.3. The van der Waals surface area contributed by atoms with E-state index >= 15 is 0 Å². The number of hydrogen-bond donors (Lipinski definition) is 2. The first kappa shape index (κ1) is 21.5. The van der Waals surface area contributed by atoms with Crippen molar-refractivity contribution < 1.29 is 24.2 Å². The number of carbonyl (C=O) groups excluding carboxylic acids is 2. The van der Waals surface area contributed by atoms with E-state index in [1.807, 2.05) is 0 Å². The molecule has 7 nitrogen and oxygen atoms in total. The molecule has 0 bridgehead atoms. The minimum absolute atomic E-state index is 0.0141. The average molecular weight is 417 g/mol. The molecule has 1 fully saturated rings. The molecule has 0 radical (unpaired) electrons. The summed E-state index contributed by atoms with van der Waals surface area (Å²) in [7, 11) is 1.38. The van der Waals surface area contributed by atoms with Crippen molar-refractivity contribution in [3.8, 4) is 0 Å². The van der Waals surface area contributed by atoms with E-state index in [-0.39, 0.29) is 24.9 Å². The Morgan fingerprint density at radius 1 is 1.33 bits per heavy atom. The summed E-state index contributed by atoms with van der Waals surface area (Å²) in [5, 5.41) is 12.6. The number of hydrogen-bond acceptors (Lipinski definition) is 4. The van der Waals surface area contributed by atoms with Crippen LogP contribution >= 0.6 is 23.2 Å². The molecule has 2 N–H and O–H groups in total. The van der Waals surface area contributed by atoms with Crippen LogP contribution in [0.25, 0.3) is 0 Å². The highest BCUT2D eigenvalue weighted by Crippen LogP contribution is 2.26. The molecule has 0 unspecified atom stereocenters. The van der Waals surface area contributed by atoms with E-state index in [1.54, 1.807) is 30.0 Å². The molecule has 2 amide bonds. The quantitative estimate of drug-likeness (QED) is 0.678. The second-order valence-corrected chi connectivity index (χ2v) is 7.39. The number of carboxylic acid groups (broad SMARTS) is 1. The molecule has 2 rings (SSSR count). The Bertz CT molecular complexity index is 707. The molecule has 1 aliphatic rings. The minimum Gasteiger partial charge on any atom is -0.480 e. The number of rotatable bonds is 8. The topological polar surface area (TPSA) is 95.9 Å². The molecule has 0 spiro atoms. The van der Waals surface area contributed by atoms with Crippen LogP contribution in [0.15, 0.2) is 18.2 Å². The third kappa shape index (κ3) is 5.82. The molecule has 0 saturated carbocycles. The van der Waals surface area contributed by atoms with E-state index in [1.165, 1.54) is 7.11 Å². The third-order valence-corrected chi connectivity index (χ3v) is 5.01. The lowest BCUT2D eigenvalue weighted by Crippen LogP contribution is -2.49. The smallest absolute Gasteiger partial charge is 0.328 e. The van der Waals surface area contributed by atoms with Gasteiger partial charge in [-0.25, -0.2) is 4.79 Å². The highest BCUT2D eigenvalue weighted by molar-refractivity contribution is 6.34. The molecule has 1 aliphatic heterocycles. The summed E-state index contributed by atoms with van der Waals surface area (Å²) < 4.78 is 5.00. The second kappa shape index (κ2) is 9.39. The Morgan fingerprint density at radius 2 is 1.96 bits per heavy atom. The molecule has 9 heteroatoms. The first-order valence-corrected chi connectivity index (χ1v) is 9.26. The van der Waals surface area contributed by atoms with Crippen LogP contribution in [-0.2, 0) is 25.7 Å². The second-order valence-electron chi connectivity index (χ2n) is 6.52. The predicted molar refractivity (Wildman–Crippen MR) is 101 cm³/mol. The Balaban J connectivity index is 2.04. The minimum atomic E-state index is -1.18. The molecule has 1 aromatic carbocycles. The Labute approximate surface area is 167 Å².